The molecule has 6 heteroatoms. The summed E-state index contributed by atoms with van der Waals surface area (Å²) >= 11 is 0. The van der Waals surface area contributed by atoms with E-state index in [0.717, 1.165) is 0 Å². The summed E-state index contributed by atoms with van der Waals surface area (Å²) in [7, 11) is 0. The number of benzene rings is 1. The summed E-state index contributed by atoms with van der Waals surface area (Å²) in [6.07, 6.45) is 0.211. The third-order valence-corrected chi connectivity index (χ3v) is 3.84. The van der Waals surface area contributed by atoms with Gasteiger partial charge < -0.3 is 21.5 Å². The lowest BCUT2D eigenvalue weighted by atomic mass is 9.88. The van der Waals surface area contributed by atoms with Crippen molar-refractivity contribution in [2.45, 2.75) is 32.7 Å². The highest BCUT2D eigenvalue weighted by atomic mass is 16.5. The zero-order valence-electron chi connectivity index (χ0n) is 13.4. The average molecular weight is 307 g/mol. The molecule has 0 saturated carbocycles. The van der Waals surface area contributed by atoms with Crippen molar-refractivity contribution in [3.05, 3.63) is 29.8 Å². The van der Waals surface area contributed by atoms with Gasteiger partial charge in [0.05, 0.1) is 18.6 Å². The average Bonchev–Trinajstić information content (AvgIpc) is 2.47. The molecule has 0 aromatic heterocycles. The molecule has 0 heterocycles. The van der Waals surface area contributed by atoms with Crippen molar-refractivity contribution < 1.29 is 14.3 Å². The van der Waals surface area contributed by atoms with Crippen LogP contribution in [0.2, 0.25) is 0 Å². The first-order valence-corrected chi connectivity index (χ1v) is 7.32. The molecule has 0 spiro atoms. The van der Waals surface area contributed by atoms with Crippen LogP contribution in [0.4, 0.5) is 0 Å². The Morgan fingerprint density at radius 2 is 2.05 bits per heavy atom. The predicted octanol–water partition coefficient (Wildman–Crippen LogP) is 1.04. The van der Waals surface area contributed by atoms with Crippen LogP contribution in [0.15, 0.2) is 24.3 Å². The minimum absolute atomic E-state index is 0.118. The number of hydrogen-bond acceptors (Lipinski definition) is 4. The summed E-state index contributed by atoms with van der Waals surface area (Å²) in [6, 6.07) is 6.55. The normalized spacial score (nSPS) is 13.5. The maximum absolute atomic E-state index is 12.0. The Morgan fingerprint density at radius 1 is 1.36 bits per heavy atom. The van der Waals surface area contributed by atoms with E-state index in [1.165, 1.54) is 0 Å². The van der Waals surface area contributed by atoms with Gasteiger partial charge >= 0.3 is 0 Å². The molecule has 1 aromatic rings. The molecule has 0 saturated heterocycles. The van der Waals surface area contributed by atoms with Gasteiger partial charge in [-0.3, -0.25) is 9.59 Å². The molecule has 1 aromatic carbocycles. The fourth-order valence-electron chi connectivity index (χ4n) is 1.81. The molecule has 1 rings (SSSR count). The first-order valence-electron chi connectivity index (χ1n) is 7.32. The summed E-state index contributed by atoms with van der Waals surface area (Å²) in [6.45, 7) is 6.54. The maximum atomic E-state index is 12.0. The second kappa shape index (κ2) is 7.79. The van der Waals surface area contributed by atoms with Crippen LogP contribution in [0.5, 0.6) is 5.75 Å². The van der Waals surface area contributed by atoms with E-state index < -0.39 is 11.4 Å². The molecule has 1 atom stereocenters. The van der Waals surface area contributed by atoms with Crippen LogP contribution in [0.25, 0.3) is 0 Å². The summed E-state index contributed by atoms with van der Waals surface area (Å²) in [4.78, 5) is 23.0. The third kappa shape index (κ3) is 5.04. The van der Waals surface area contributed by atoms with E-state index in [1.807, 2.05) is 20.8 Å². The van der Waals surface area contributed by atoms with E-state index >= 15 is 0 Å². The highest BCUT2D eigenvalue weighted by Gasteiger charge is 2.28. The fourth-order valence-corrected chi connectivity index (χ4v) is 1.81. The Morgan fingerprint density at radius 3 is 2.59 bits per heavy atom. The van der Waals surface area contributed by atoms with Gasteiger partial charge in [-0.05, 0) is 31.0 Å². The van der Waals surface area contributed by atoms with Gasteiger partial charge in [-0.15, -0.1) is 0 Å². The molecular weight excluding hydrogens is 282 g/mol. The number of carbonyl (C=O) groups excluding carboxylic acids is 2. The van der Waals surface area contributed by atoms with Crippen LogP contribution in [-0.4, -0.2) is 30.5 Å². The van der Waals surface area contributed by atoms with Crippen LogP contribution in [-0.2, 0) is 4.79 Å². The van der Waals surface area contributed by atoms with Crippen LogP contribution in [0.1, 0.15) is 37.6 Å². The van der Waals surface area contributed by atoms with E-state index in [0.29, 0.717) is 17.9 Å². The van der Waals surface area contributed by atoms with Crippen molar-refractivity contribution >= 4 is 11.8 Å². The van der Waals surface area contributed by atoms with Crippen LogP contribution in [0, 0.1) is 5.92 Å². The Labute approximate surface area is 131 Å². The van der Waals surface area contributed by atoms with Crippen LogP contribution >= 0.6 is 0 Å². The topological polar surface area (TPSA) is 107 Å². The Kier molecular flexibility index (Phi) is 6.37. The quantitative estimate of drug-likeness (QED) is 0.667. The number of ether oxygens (including phenoxy) is 1. The van der Waals surface area contributed by atoms with Crippen LogP contribution < -0.4 is 21.5 Å². The summed E-state index contributed by atoms with van der Waals surface area (Å²) in [5.41, 5.74) is 10.9. The Hall–Kier alpha value is -2.08. The smallest absolute Gasteiger partial charge is 0.248 e. The molecule has 6 nitrogen and oxygen atoms in total. The monoisotopic (exact) mass is 307 g/mol. The van der Waals surface area contributed by atoms with E-state index in [4.69, 9.17) is 16.2 Å². The molecule has 0 aliphatic carbocycles. The van der Waals surface area contributed by atoms with Gasteiger partial charge in [0, 0.05) is 12.1 Å². The van der Waals surface area contributed by atoms with Gasteiger partial charge in [0.1, 0.15) is 5.75 Å². The van der Waals surface area contributed by atoms with Crippen molar-refractivity contribution in [1.29, 1.82) is 0 Å². The molecule has 22 heavy (non-hydrogen) atoms. The van der Waals surface area contributed by atoms with Gasteiger partial charge in [-0.25, -0.2) is 0 Å². The number of rotatable bonds is 8. The number of nitrogens with two attached hydrogens (primary N) is 2. The second-order valence-electron chi connectivity index (χ2n) is 5.82. The summed E-state index contributed by atoms with van der Waals surface area (Å²) < 4.78 is 5.48. The maximum Gasteiger partial charge on any atom is 0.248 e. The lowest BCUT2D eigenvalue weighted by Crippen LogP contribution is -2.55. The summed E-state index contributed by atoms with van der Waals surface area (Å²) in [5.74, 6) is 0.107. The SMILES string of the molecule is CC(C)C(C)(CN)NC(=O)CCOc1cccc(C(N)=O)c1. The van der Waals surface area contributed by atoms with Crippen molar-refractivity contribution in [3.8, 4) is 5.75 Å². The molecule has 0 aliphatic heterocycles. The van der Waals surface area contributed by atoms with Gasteiger partial charge in [-0.1, -0.05) is 19.9 Å². The molecule has 5 N–H and O–H groups in total. The molecule has 2 amide bonds. The predicted molar refractivity (Wildman–Crippen MR) is 85.5 cm³/mol. The van der Waals surface area contributed by atoms with E-state index in [-0.39, 0.29) is 24.9 Å². The molecular formula is C16H25N3O3. The summed E-state index contributed by atoms with van der Waals surface area (Å²) in [5, 5.41) is 2.94. The molecule has 0 radical (unpaired) electrons. The molecule has 1 unspecified atom stereocenters. The number of nitrogens with one attached hydrogen (secondary N) is 1. The first-order chi connectivity index (χ1) is 10.3. The van der Waals surface area contributed by atoms with Gasteiger partial charge in [-0.2, -0.15) is 0 Å². The highest BCUT2D eigenvalue weighted by molar-refractivity contribution is 5.93. The Balaban J connectivity index is 2.49. The van der Waals surface area contributed by atoms with E-state index in [9.17, 15) is 9.59 Å². The lowest BCUT2D eigenvalue weighted by Gasteiger charge is -2.33. The number of primary amides is 1. The highest BCUT2D eigenvalue weighted by Crippen LogP contribution is 2.15. The number of hydrogen-bond donors (Lipinski definition) is 3. The third-order valence-electron chi connectivity index (χ3n) is 3.84. The minimum Gasteiger partial charge on any atom is -0.493 e. The lowest BCUT2D eigenvalue weighted by molar-refractivity contribution is -0.123. The second-order valence-corrected chi connectivity index (χ2v) is 5.82. The van der Waals surface area contributed by atoms with Gasteiger partial charge in [0.25, 0.3) is 0 Å². The van der Waals surface area contributed by atoms with E-state index in [1.54, 1.807) is 24.3 Å². The van der Waals surface area contributed by atoms with Crippen molar-refractivity contribution in [3.63, 3.8) is 0 Å². The van der Waals surface area contributed by atoms with E-state index in [2.05, 4.69) is 5.32 Å². The zero-order valence-corrected chi connectivity index (χ0v) is 13.4. The first kappa shape index (κ1) is 18.0. The van der Waals surface area contributed by atoms with Gasteiger partial charge in [0.15, 0.2) is 0 Å². The van der Waals surface area contributed by atoms with Crippen LogP contribution in [0.3, 0.4) is 0 Å². The molecule has 0 aliphatic rings. The standard InChI is InChI=1S/C16H25N3O3/c1-11(2)16(3,10-17)19-14(20)7-8-22-13-6-4-5-12(9-13)15(18)21/h4-6,9,11H,7-8,10,17H2,1-3H3,(H2,18,21)(H,19,20). The van der Waals surface area contributed by atoms with Crippen molar-refractivity contribution in [2.75, 3.05) is 13.2 Å². The molecule has 0 fully saturated rings. The fraction of sp³-hybridized carbons (Fsp3) is 0.500. The molecule has 122 valence electrons. The van der Waals surface area contributed by atoms with Crippen molar-refractivity contribution in [1.82, 2.24) is 5.32 Å². The zero-order chi connectivity index (χ0) is 16.8. The molecule has 0 bridgehead atoms. The van der Waals surface area contributed by atoms with Crippen molar-refractivity contribution in [2.24, 2.45) is 17.4 Å². The number of carbonyl (C=O) groups is 2. The largest absolute Gasteiger partial charge is 0.493 e. The number of amides is 2. The minimum atomic E-state index is -0.515. The Bertz CT molecular complexity index is 531. The van der Waals surface area contributed by atoms with Gasteiger partial charge in [0.2, 0.25) is 11.8 Å².